The summed E-state index contributed by atoms with van der Waals surface area (Å²) in [7, 11) is 0. The minimum Gasteiger partial charge on any atom is -0.290 e. The van der Waals surface area contributed by atoms with E-state index in [0.29, 0.717) is 16.7 Å². The molecule has 0 aromatic carbocycles. The molecule has 1 spiro atoms. The van der Waals surface area contributed by atoms with Crippen molar-refractivity contribution < 1.29 is 0 Å². The van der Waals surface area contributed by atoms with E-state index in [1.807, 2.05) is 0 Å². The molecule has 0 aromatic rings. The lowest BCUT2D eigenvalue weighted by Crippen LogP contribution is -2.48. The zero-order valence-electron chi connectivity index (χ0n) is 10.5. The van der Waals surface area contributed by atoms with Gasteiger partial charge in [-0.3, -0.25) is 4.90 Å². The maximum atomic E-state index is 8.81. The minimum atomic E-state index is 0.438. The highest BCUT2D eigenvalue weighted by Gasteiger charge is 2.42. The molecular formula is C13H22N2S. The summed E-state index contributed by atoms with van der Waals surface area (Å²) >= 11 is 2.12. The second kappa shape index (κ2) is 4.58. The number of nitrogens with zero attached hydrogens (tertiary/aromatic N) is 2. The third-order valence-electron chi connectivity index (χ3n) is 3.96. The number of thioether (sulfide) groups is 1. The first-order valence-electron chi connectivity index (χ1n) is 6.29. The van der Waals surface area contributed by atoms with E-state index in [4.69, 9.17) is 5.26 Å². The molecule has 2 heterocycles. The summed E-state index contributed by atoms with van der Waals surface area (Å²) in [5.41, 5.74) is 0.518. The van der Waals surface area contributed by atoms with Crippen molar-refractivity contribution in [2.45, 2.75) is 44.3 Å². The lowest BCUT2D eigenvalue weighted by Gasteiger charge is -2.49. The quantitative estimate of drug-likeness (QED) is 0.657. The van der Waals surface area contributed by atoms with Crippen molar-refractivity contribution in [3.63, 3.8) is 0 Å². The SMILES string of the molecule is CC1(C)CC2(CCCN(CC#N)C2)CCS1. The minimum absolute atomic E-state index is 0.438. The van der Waals surface area contributed by atoms with Crippen molar-refractivity contribution in [1.82, 2.24) is 4.90 Å². The van der Waals surface area contributed by atoms with E-state index in [-0.39, 0.29) is 0 Å². The van der Waals surface area contributed by atoms with Crippen LogP contribution in [-0.2, 0) is 0 Å². The van der Waals surface area contributed by atoms with Crippen LogP contribution in [0.5, 0.6) is 0 Å². The van der Waals surface area contributed by atoms with Gasteiger partial charge in [-0.2, -0.15) is 17.0 Å². The van der Waals surface area contributed by atoms with Crippen LogP contribution in [-0.4, -0.2) is 35.0 Å². The lowest BCUT2D eigenvalue weighted by molar-refractivity contribution is 0.0749. The Hall–Kier alpha value is -0.200. The van der Waals surface area contributed by atoms with Crippen LogP contribution in [0.2, 0.25) is 0 Å². The van der Waals surface area contributed by atoms with Gasteiger partial charge in [0.25, 0.3) is 0 Å². The molecule has 1 unspecified atom stereocenters. The first-order chi connectivity index (χ1) is 7.55. The summed E-state index contributed by atoms with van der Waals surface area (Å²) in [6.45, 7) is 7.66. The summed E-state index contributed by atoms with van der Waals surface area (Å²) in [5.74, 6) is 1.30. The van der Waals surface area contributed by atoms with Gasteiger partial charge in [-0.25, -0.2) is 0 Å². The predicted molar refractivity (Wildman–Crippen MR) is 69.5 cm³/mol. The molecule has 0 N–H and O–H groups in total. The Balaban J connectivity index is 2.04. The Labute approximate surface area is 103 Å². The van der Waals surface area contributed by atoms with Crippen LogP contribution in [0, 0.1) is 16.7 Å². The van der Waals surface area contributed by atoms with Gasteiger partial charge in [0.15, 0.2) is 0 Å². The molecule has 0 aliphatic carbocycles. The van der Waals surface area contributed by atoms with E-state index in [2.05, 4.69) is 36.6 Å². The van der Waals surface area contributed by atoms with Crippen molar-refractivity contribution in [2.75, 3.05) is 25.4 Å². The highest BCUT2D eigenvalue weighted by Crippen LogP contribution is 2.49. The van der Waals surface area contributed by atoms with Crippen molar-refractivity contribution >= 4 is 11.8 Å². The molecule has 0 amide bonds. The van der Waals surface area contributed by atoms with Gasteiger partial charge < -0.3 is 0 Å². The van der Waals surface area contributed by atoms with Crippen LogP contribution in [0.15, 0.2) is 0 Å². The Morgan fingerprint density at radius 1 is 1.38 bits per heavy atom. The molecular weight excluding hydrogens is 216 g/mol. The highest BCUT2D eigenvalue weighted by atomic mass is 32.2. The van der Waals surface area contributed by atoms with Crippen molar-refractivity contribution in [1.29, 1.82) is 5.26 Å². The van der Waals surface area contributed by atoms with E-state index in [1.165, 1.54) is 31.4 Å². The third kappa shape index (κ3) is 2.73. The van der Waals surface area contributed by atoms with Gasteiger partial charge in [-0.15, -0.1) is 0 Å². The number of nitriles is 1. The van der Waals surface area contributed by atoms with E-state index < -0.39 is 0 Å². The topological polar surface area (TPSA) is 27.0 Å². The largest absolute Gasteiger partial charge is 0.290 e. The smallest absolute Gasteiger partial charge is 0.0866 e. The molecule has 90 valence electrons. The Morgan fingerprint density at radius 3 is 2.88 bits per heavy atom. The second-order valence-corrected chi connectivity index (χ2v) is 7.81. The van der Waals surface area contributed by atoms with Crippen molar-refractivity contribution in [3.8, 4) is 6.07 Å². The Kier molecular flexibility index (Phi) is 3.51. The molecule has 2 rings (SSSR count). The average Bonchev–Trinajstić information content (AvgIpc) is 2.16. The van der Waals surface area contributed by atoms with Gasteiger partial charge in [0.1, 0.15) is 0 Å². The molecule has 2 aliphatic heterocycles. The fourth-order valence-electron chi connectivity index (χ4n) is 3.48. The average molecular weight is 238 g/mol. The van der Waals surface area contributed by atoms with Gasteiger partial charge in [0.05, 0.1) is 12.6 Å². The van der Waals surface area contributed by atoms with Crippen LogP contribution in [0.1, 0.15) is 39.5 Å². The van der Waals surface area contributed by atoms with Crippen molar-refractivity contribution in [3.05, 3.63) is 0 Å². The zero-order chi connectivity index (χ0) is 11.6. The molecule has 1 atom stereocenters. The van der Waals surface area contributed by atoms with E-state index in [0.717, 1.165) is 13.1 Å². The summed E-state index contributed by atoms with van der Waals surface area (Å²) in [6.07, 6.45) is 5.33. The Bertz CT molecular complexity index is 291. The predicted octanol–water partition coefficient (Wildman–Crippen LogP) is 2.90. The van der Waals surface area contributed by atoms with E-state index in [1.54, 1.807) is 0 Å². The van der Waals surface area contributed by atoms with Crippen LogP contribution in [0.4, 0.5) is 0 Å². The monoisotopic (exact) mass is 238 g/mol. The van der Waals surface area contributed by atoms with Crippen LogP contribution >= 0.6 is 11.8 Å². The number of piperidine rings is 1. The molecule has 0 radical (unpaired) electrons. The van der Waals surface area contributed by atoms with Crippen LogP contribution < -0.4 is 0 Å². The lowest BCUT2D eigenvalue weighted by atomic mass is 9.71. The maximum Gasteiger partial charge on any atom is 0.0866 e. The van der Waals surface area contributed by atoms with Crippen molar-refractivity contribution in [2.24, 2.45) is 5.41 Å². The first kappa shape index (κ1) is 12.3. The molecule has 0 aromatic heterocycles. The second-order valence-electron chi connectivity index (χ2n) is 6.01. The first-order valence-corrected chi connectivity index (χ1v) is 7.27. The maximum absolute atomic E-state index is 8.81. The number of hydrogen-bond acceptors (Lipinski definition) is 3. The van der Waals surface area contributed by atoms with E-state index >= 15 is 0 Å². The molecule has 2 nitrogen and oxygen atoms in total. The van der Waals surface area contributed by atoms with Crippen LogP contribution in [0.3, 0.4) is 0 Å². The molecule has 0 saturated carbocycles. The summed E-state index contributed by atoms with van der Waals surface area (Å²) in [4.78, 5) is 2.36. The molecule has 2 fully saturated rings. The fraction of sp³-hybridized carbons (Fsp3) is 0.923. The molecule has 2 saturated heterocycles. The van der Waals surface area contributed by atoms with Gasteiger partial charge in [-0.1, -0.05) is 13.8 Å². The summed E-state index contributed by atoms with van der Waals surface area (Å²) in [5, 5.41) is 8.81. The number of rotatable bonds is 1. The normalized spacial score (nSPS) is 34.8. The Morgan fingerprint density at radius 2 is 2.19 bits per heavy atom. The number of likely N-dealkylation sites (tertiary alicyclic amines) is 1. The zero-order valence-corrected chi connectivity index (χ0v) is 11.3. The third-order valence-corrected chi connectivity index (χ3v) is 5.29. The molecule has 2 aliphatic rings. The van der Waals surface area contributed by atoms with Gasteiger partial charge in [0, 0.05) is 11.3 Å². The summed E-state index contributed by atoms with van der Waals surface area (Å²) < 4.78 is 0.438. The van der Waals surface area contributed by atoms with Gasteiger partial charge in [0.2, 0.25) is 0 Å². The molecule has 0 bridgehead atoms. The summed E-state index contributed by atoms with van der Waals surface area (Å²) in [6, 6.07) is 2.30. The van der Waals surface area contributed by atoms with Gasteiger partial charge in [-0.05, 0) is 43.4 Å². The molecule has 3 heteroatoms. The van der Waals surface area contributed by atoms with E-state index in [9.17, 15) is 0 Å². The number of hydrogen-bond donors (Lipinski definition) is 0. The molecule has 16 heavy (non-hydrogen) atoms. The fourth-order valence-corrected chi connectivity index (χ4v) is 4.98. The van der Waals surface area contributed by atoms with Crippen LogP contribution in [0.25, 0.3) is 0 Å². The standard InChI is InChI=1S/C13H22N2S/c1-12(2)10-13(5-9-16-12)4-3-7-15(11-13)8-6-14/h3-5,7-11H2,1-2H3. The van der Waals surface area contributed by atoms with Gasteiger partial charge >= 0.3 is 0 Å². The highest BCUT2D eigenvalue weighted by molar-refractivity contribution is 8.00.